The van der Waals surface area contributed by atoms with E-state index in [4.69, 9.17) is 24.1 Å². The van der Waals surface area contributed by atoms with Crippen LogP contribution >= 0.6 is 0 Å². The van der Waals surface area contributed by atoms with Crippen molar-refractivity contribution in [2.24, 2.45) is 5.92 Å². The number of nitrogens with one attached hydrogen (secondary N) is 1. The molecule has 0 saturated carbocycles. The Kier molecular flexibility index (Phi) is 17.8. The average Bonchev–Trinajstić information content (AvgIpc) is 2.73. The molecule has 0 spiro atoms. The summed E-state index contributed by atoms with van der Waals surface area (Å²) in [6.07, 6.45) is 1.62. The molecular weight excluding hydrogens is 420 g/mol. The zero-order valence-corrected chi connectivity index (χ0v) is 19.5. The van der Waals surface area contributed by atoms with Crippen molar-refractivity contribution in [3.8, 4) is 5.75 Å². The van der Waals surface area contributed by atoms with Gasteiger partial charge in [-0.1, -0.05) is 26.0 Å². The molecular formula is C22H38N2O8. The van der Waals surface area contributed by atoms with Crippen LogP contribution in [0.25, 0.3) is 0 Å². The van der Waals surface area contributed by atoms with Crippen molar-refractivity contribution in [1.82, 2.24) is 5.32 Å². The average molecular weight is 459 g/mol. The molecule has 184 valence electrons. The van der Waals surface area contributed by atoms with Gasteiger partial charge in [0.2, 0.25) is 0 Å². The van der Waals surface area contributed by atoms with Crippen LogP contribution < -0.4 is 10.1 Å². The Hall–Kier alpha value is -2.43. The molecule has 0 aromatic heterocycles. The zero-order chi connectivity index (χ0) is 24.2. The number of carboxylic acid groups (broad SMARTS) is 1. The van der Waals surface area contributed by atoms with E-state index in [-0.39, 0.29) is 25.1 Å². The third-order valence-corrected chi connectivity index (χ3v) is 4.12. The van der Waals surface area contributed by atoms with Crippen molar-refractivity contribution in [2.75, 3.05) is 33.0 Å². The summed E-state index contributed by atoms with van der Waals surface area (Å²) in [5.74, 6) is 1.05. The maximum Gasteiger partial charge on any atom is 0.294 e. The van der Waals surface area contributed by atoms with Crippen molar-refractivity contribution < 1.29 is 34.0 Å². The highest BCUT2D eigenvalue weighted by Crippen LogP contribution is 2.16. The SMILES string of the molecule is CC(C)NCC(CCCO[N+](=O)[O-])COc1ccc(COCCOC(C)C)cc1.O=CO. The summed E-state index contributed by atoms with van der Waals surface area (Å²) >= 11 is 0. The molecule has 0 aliphatic rings. The molecule has 0 radical (unpaired) electrons. The lowest BCUT2D eigenvalue weighted by Crippen LogP contribution is -2.32. The lowest BCUT2D eigenvalue weighted by Gasteiger charge is -2.20. The molecule has 0 bridgehead atoms. The fourth-order valence-corrected chi connectivity index (χ4v) is 2.59. The Morgan fingerprint density at radius 3 is 2.34 bits per heavy atom. The summed E-state index contributed by atoms with van der Waals surface area (Å²) in [4.78, 5) is 23.0. The molecule has 32 heavy (non-hydrogen) atoms. The van der Waals surface area contributed by atoms with E-state index in [0.29, 0.717) is 38.9 Å². The quantitative estimate of drug-likeness (QED) is 0.156. The van der Waals surface area contributed by atoms with Gasteiger partial charge >= 0.3 is 0 Å². The van der Waals surface area contributed by atoms with Crippen LogP contribution in [-0.4, -0.2) is 61.8 Å². The standard InChI is InChI=1S/C21H36N2O6.CH2O2/c1-17(2)22-14-20(6-5-11-29-23(24)25)16-28-21-9-7-19(8-10-21)15-26-12-13-27-18(3)4;2-1-3/h7-10,17-18,20,22H,5-6,11-16H2,1-4H3;1H,(H,2,3). The molecule has 2 N–H and O–H groups in total. The van der Waals surface area contributed by atoms with Crippen molar-refractivity contribution in [2.45, 2.75) is 59.3 Å². The molecule has 1 aromatic carbocycles. The van der Waals surface area contributed by atoms with Crippen molar-refractivity contribution in [1.29, 1.82) is 0 Å². The maximum atomic E-state index is 10.3. The molecule has 1 rings (SSSR count). The molecule has 0 saturated heterocycles. The monoisotopic (exact) mass is 458 g/mol. The summed E-state index contributed by atoms with van der Waals surface area (Å²) in [5.41, 5.74) is 1.08. The van der Waals surface area contributed by atoms with E-state index in [2.05, 4.69) is 24.0 Å². The molecule has 10 nitrogen and oxygen atoms in total. The minimum atomic E-state index is -0.750. The van der Waals surface area contributed by atoms with E-state index in [1.807, 2.05) is 38.1 Å². The number of ether oxygens (including phenoxy) is 3. The molecule has 0 fully saturated rings. The van der Waals surface area contributed by atoms with Crippen LogP contribution in [0.5, 0.6) is 5.75 Å². The predicted molar refractivity (Wildman–Crippen MR) is 120 cm³/mol. The Bertz CT molecular complexity index is 596. The third-order valence-electron chi connectivity index (χ3n) is 4.12. The van der Waals surface area contributed by atoms with Gasteiger partial charge in [-0.25, -0.2) is 0 Å². The summed E-state index contributed by atoms with van der Waals surface area (Å²) < 4.78 is 17.0. The molecule has 0 aliphatic heterocycles. The first-order chi connectivity index (χ1) is 15.3. The Morgan fingerprint density at radius 1 is 1.12 bits per heavy atom. The number of hydrogen-bond donors (Lipinski definition) is 2. The molecule has 0 heterocycles. The van der Waals surface area contributed by atoms with Gasteiger partial charge in [-0.05, 0) is 44.4 Å². The smallest absolute Gasteiger partial charge is 0.294 e. The molecule has 1 atom stereocenters. The van der Waals surface area contributed by atoms with E-state index in [9.17, 15) is 10.1 Å². The van der Waals surface area contributed by atoms with Crippen LogP contribution in [0.15, 0.2) is 24.3 Å². The molecule has 1 aromatic rings. The Labute approximate surface area is 190 Å². The number of rotatable bonds is 17. The first-order valence-electron chi connectivity index (χ1n) is 10.8. The number of hydrogen-bond acceptors (Lipinski definition) is 8. The maximum absolute atomic E-state index is 10.3. The van der Waals surface area contributed by atoms with Gasteiger partial charge in [-0.15, -0.1) is 10.1 Å². The predicted octanol–water partition coefficient (Wildman–Crippen LogP) is 3.31. The molecule has 10 heteroatoms. The minimum Gasteiger partial charge on any atom is -0.493 e. The highest BCUT2D eigenvalue weighted by Gasteiger charge is 2.11. The van der Waals surface area contributed by atoms with Crippen LogP contribution in [0.2, 0.25) is 0 Å². The van der Waals surface area contributed by atoms with E-state index in [1.165, 1.54) is 0 Å². The minimum absolute atomic E-state index is 0.113. The van der Waals surface area contributed by atoms with Gasteiger partial charge in [0.15, 0.2) is 0 Å². The van der Waals surface area contributed by atoms with Crippen molar-refractivity contribution in [3.63, 3.8) is 0 Å². The van der Waals surface area contributed by atoms with Crippen LogP contribution in [0.3, 0.4) is 0 Å². The fourth-order valence-electron chi connectivity index (χ4n) is 2.59. The van der Waals surface area contributed by atoms with Crippen LogP contribution in [-0.2, 0) is 25.7 Å². The van der Waals surface area contributed by atoms with Crippen LogP contribution in [0.1, 0.15) is 46.1 Å². The summed E-state index contributed by atoms with van der Waals surface area (Å²) in [6.45, 7) is 11.1. The fraction of sp³-hybridized carbons (Fsp3) is 0.682. The summed E-state index contributed by atoms with van der Waals surface area (Å²) in [5, 5.41) is 19.8. The normalized spacial score (nSPS) is 11.6. The van der Waals surface area contributed by atoms with Gasteiger partial charge in [0.1, 0.15) is 5.75 Å². The molecule has 0 aliphatic carbocycles. The Balaban J connectivity index is 0.00000302. The first-order valence-corrected chi connectivity index (χ1v) is 10.8. The topological polar surface area (TPSA) is 129 Å². The van der Waals surface area contributed by atoms with Gasteiger partial charge in [0.25, 0.3) is 11.6 Å². The number of carbonyl (C=O) groups is 1. The lowest BCUT2D eigenvalue weighted by molar-refractivity contribution is -0.757. The largest absolute Gasteiger partial charge is 0.493 e. The number of nitrogens with zero attached hydrogens (tertiary/aromatic N) is 1. The first kappa shape index (κ1) is 29.6. The highest BCUT2D eigenvalue weighted by molar-refractivity contribution is 5.32. The second-order valence-corrected chi connectivity index (χ2v) is 7.66. The van der Waals surface area contributed by atoms with E-state index in [0.717, 1.165) is 24.3 Å². The Morgan fingerprint density at radius 2 is 1.78 bits per heavy atom. The van der Waals surface area contributed by atoms with Crippen LogP contribution in [0, 0.1) is 16.0 Å². The van der Waals surface area contributed by atoms with E-state index in [1.54, 1.807) is 0 Å². The highest BCUT2D eigenvalue weighted by atomic mass is 16.9. The molecule has 0 amide bonds. The summed E-state index contributed by atoms with van der Waals surface area (Å²) in [7, 11) is 0. The van der Waals surface area contributed by atoms with E-state index >= 15 is 0 Å². The molecule has 1 unspecified atom stereocenters. The second kappa shape index (κ2) is 19.3. The van der Waals surface area contributed by atoms with E-state index < -0.39 is 5.09 Å². The number of benzene rings is 1. The second-order valence-electron chi connectivity index (χ2n) is 7.66. The third kappa shape index (κ3) is 18.3. The van der Waals surface area contributed by atoms with Gasteiger partial charge in [-0.3, -0.25) is 4.79 Å². The summed E-state index contributed by atoms with van der Waals surface area (Å²) in [6, 6.07) is 8.23. The van der Waals surface area contributed by atoms with Crippen LogP contribution in [0.4, 0.5) is 0 Å². The van der Waals surface area contributed by atoms with Gasteiger partial charge in [-0.2, -0.15) is 0 Å². The van der Waals surface area contributed by atoms with Crippen molar-refractivity contribution in [3.05, 3.63) is 39.9 Å². The van der Waals surface area contributed by atoms with Gasteiger partial charge < -0.3 is 29.5 Å². The van der Waals surface area contributed by atoms with Gasteiger partial charge in [0.05, 0.1) is 39.1 Å². The van der Waals surface area contributed by atoms with Crippen molar-refractivity contribution >= 4 is 6.47 Å². The zero-order valence-electron chi connectivity index (χ0n) is 19.5. The lowest BCUT2D eigenvalue weighted by atomic mass is 10.0. The van der Waals surface area contributed by atoms with Gasteiger partial charge in [0, 0.05) is 18.5 Å².